The molecule has 2 atom stereocenters. The number of aromatic nitrogens is 2. The summed E-state index contributed by atoms with van der Waals surface area (Å²) in [5, 5.41) is 27.1. The van der Waals surface area contributed by atoms with Gasteiger partial charge in [0.25, 0.3) is 5.91 Å². The molecular formula is C25H26Cl2FN3O5. The summed E-state index contributed by atoms with van der Waals surface area (Å²) in [6.45, 7) is 5.36. The number of nitrogens with zero attached hydrogens (tertiary/aromatic N) is 2. The van der Waals surface area contributed by atoms with E-state index in [2.05, 4.69) is 10.4 Å². The van der Waals surface area contributed by atoms with E-state index in [9.17, 15) is 24.2 Å². The van der Waals surface area contributed by atoms with Crippen LogP contribution >= 0.6 is 23.2 Å². The standard InChI is InChI=1S/C25H26Cl2FN3O5/c1-25(2,3)21(32)13-36-22-11-19(30-31(22)20-7-5-4-6-17(20)28)24(35)29-18(12-23(33)34)15-10-14(26)8-9-16(15)27/h4-11,18,21,32H,12-13H2,1-3H3,(H,29,35)(H,33,34). The van der Waals surface area contributed by atoms with Gasteiger partial charge in [-0.1, -0.05) is 56.1 Å². The highest BCUT2D eigenvalue weighted by molar-refractivity contribution is 6.33. The Morgan fingerprint density at radius 2 is 1.86 bits per heavy atom. The Labute approximate surface area is 217 Å². The summed E-state index contributed by atoms with van der Waals surface area (Å²) in [5.74, 6) is -2.51. The lowest BCUT2D eigenvalue weighted by Crippen LogP contribution is -2.32. The predicted octanol–water partition coefficient (Wildman–Crippen LogP) is 5.05. The summed E-state index contributed by atoms with van der Waals surface area (Å²) in [6, 6.07) is 10.6. The number of nitrogens with one attached hydrogen (secondary N) is 1. The maximum absolute atomic E-state index is 14.6. The first kappa shape index (κ1) is 27.4. The van der Waals surface area contributed by atoms with Gasteiger partial charge in [-0.2, -0.15) is 9.78 Å². The molecule has 3 aromatic rings. The number of hydrogen-bond donors (Lipinski definition) is 3. The summed E-state index contributed by atoms with van der Waals surface area (Å²) in [4.78, 5) is 24.6. The number of carboxylic acid groups (broad SMARTS) is 1. The van der Waals surface area contributed by atoms with Crippen LogP contribution in [0.1, 0.15) is 49.3 Å². The third-order valence-corrected chi connectivity index (χ3v) is 5.98. The number of rotatable bonds is 9. The van der Waals surface area contributed by atoms with E-state index >= 15 is 0 Å². The number of carbonyl (C=O) groups excluding carboxylic acids is 1. The van der Waals surface area contributed by atoms with Crippen LogP contribution in [0.5, 0.6) is 5.88 Å². The fourth-order valence-electron chi connectivity index (χ4n) is 3.22. The largest absolute Gasteiger partial charge is 0.481 e. The SMILES string of the molecule is CC(C)(C)C(O)COc1cc(C(=O)NC(CC(=O)O)c2cc(Cl)ccc2Cl)nn1-c1ccccc1F. The molecule has 0 saturated heterocycles. The maximum atomic E-state index is 14.6. The van der Waals surface area contributed by atoms with Crippen LogP contribution in [-0.4, -0.2) is 44.6 Å². The number of aliphatic hydroxyl groups is 1. The molecule has 8 nitrogen and oxygen atoms in total. The molecule has 192 valence electrons. The lowest BCUT2D eigenvalue weighted by molar-refractivity contribution is -0.137. The van der Waals surface area contributed by atoms with Crippen LogP contribution in [0.15, 0.2) is 48.5 Å². The first-order valence-corrected chi connectivity index (χ1v) is 11.8. The fraction of sp³-hybridized carbons (Fsp3) is 0.320. The molecular weight excluding hydrogens is 512 g/mol. The minimum absolute atomic E-state index is 0.0177. The number of halogens is 3. The normalized spacial score (nSPS) is 13.2. The van der Waals surface area contributed by atoms with Crippen LogP contribution in [0.2, 0.25) is 10.0 Å². The second kappa shape index (κ2) is 11.3. The molecule has 1 heterocycles. The number of hydrogen-bond acceptors (Lipinski definition) is 5. The van der Waals surface area contributed by atoms with Gasteiger partial charge in [0.2, 0.25) is 5.88 Å². The van der Waals surface area contributed by atoms with Gasteiger partial charge in [-0.3, -0.25) is 9.59 Å². The van der Waals surface area contributed by atoms with Gasteiger partial charge in [0.1, 0.15) is 18.1 Å². The molecule has 1 amide bonds. The lowest BCUT2D eigenvalue weighted by Gasteiger charge is -2.25. The Morgan fingerprint density at radius 3 is 2.50 bits per heavy atom. The third-order valence-electron chi connectivity index (χ3n) is 5.40. The molecule has 3 rings (SSSR count). The van der Waals surface area contributed by atoms with Crippen molar-refractivity contribution in [2.75, 3.05) is 6.61 Å². The highest BCUT2D eigenvalue weighted by atomic mass is 35.5. The zero-order valence-corrected chi connectivity index (χ0v) is 21.3. The molecule has 0 fully saturated rings. The van der Waals surface area contributed by atoms with Crippen LogP contribution < -0.4 is 10.1 Å². The van der Waals surface area contributed by atoms with E-state index in [4.69, 9.17) is 27.9 Å². The van der Waals surface area contributed by atoms with E-state index in [1.165, 1.54) is 36.4 Å². The van der Waals surface area contributed by atoms with Crippen LogP contribution in [0, 0.1) is 11.2 Å². The average molecular weight is 538 g/mol. The zero-order valence-electron chi connectivity index (χ0n) is 19.8. The quantitative estimate of drug-likeness (QED) is 0.352. The van der Waals surface area contributed by atoms with Gasteiger partial charge in [0.15, 0.2) is 5.69 Å². The number of carbonyl (C=O) groups is 2. The number of benzene rings is 2. The van der Waals surface area contributed by atoms with Crippen molar-refractivity contribution in [3.8, 4) is 11.6 Å². The third kappa shape index (κ3) is 6.75. The van der Waals surface area contributed by atoms with Crippen molar-refractivity contribution in [3.05, 3.63) is 75.7 Å². The molecule has 36 heavy (non-hydrogen) atoms. The lowest BCUT2D eigenvalue weighted by atomic mass is 9.90. The van der Waals surface area contributed by atoms with Gasteiger partial charge in [-0.05, 0) is 41.3 Å². The molecule has 3 N–H and O–H groups in total. The predicted molar refractivity (Wildman–Crippen MR) is 133 cm³/mol. The average Bonchev–Trinajstić information content (AvgIpc) is 3.22. The second-order valence-corrected chi connectivity index (χ2v) is 10.1. The number of para-hydroxylation sites is 1. The Kier molecular flexibility index (Phi) is 8.60. The molecule has 0 aliphatic carbocycles. The smallest absolute Gasteiger partial charge is 0.305 e. The van der Waals surface area contributed by atoms with Crippen molar-refractivity contribution in [1.82, 2.24) is 15.1 Å². The van der Waals surface area contributed by atoms with Crippen molar-refractivity contribution in [1.29, 1.82) is 0 Å². The Morgan fingerprint density at radius 1 is 1.17 bits per heavy atom. The van der Waals surface area contributed by atoms with E-state index in [0.717, 1.165) is 4.68 Å². The molecule has 2 aromatic carbocycles. The first-order chi connectivity index (χ1) is 16.9. The number of aliphatic carboxylic acids is 1. The van der Waals surface area contributed by atoms with E-state index in [1.54, 1.807) is 12.1 Å². The van der Waals surface area contributed by atoms with Gasteiger partial charge >= 0.3 is 5.97 Å². The van der Waals surface area contributed by atoms with Crippen molar-refractivity contribution in [2.24, 2.45) is 5.41 Å². The van der Waals surface area contributed by atoms with Crippen LogP contribution in [0.3, 0.4) is 0 Å². The number of aliphatic hydroxyl groups excluding tert-OH is 1. The number of ether oxygens (including phenoxy) is 1. The summed E-state index contributed by atoms with van der Waals surface area (Å²) in [5.41, 5.74) is -0.300. The van der Waals surface area contributed by atoms with Crippen LogP contribution in [0.4, 0.5) is 4.39 Å². The van der Waals surface area contributed by atoms with Gasteiger partial charge in [-0.15, -0.1) is 0 Å². The Balaban J connectivity index is 1.96. The molecule has 0 spiro atoms. The summed E-state index contributed by atoms with van der Waals surface area (Å²) in [7, 11) is 0. The molecule has 0 saturated carbocycles. The van der Waals surface area contributed by atoms with E-state index in [-0.39, 0.29) is 28.9 Å². The Hall–Kier alpha value is -3.14. The topological polar surface area (TPSA) is 114 Å². The molecule has 0 radical (unpaired) electrons. The van der Waals surface area contributed by atoms with Crippen molar-refractivity contribution < 1.29 is 28.9 Å². The summed E-state index contributed by atoms with van der Waals surface area (Å²) < 4.78 is 21.4. The molecule has 0 aliphatic heterocycles. The highest BCUT2D eigenvalue weighted by Gasteiger charge is 2.27. The van der Waals surface area contributed by atoms with Crippen molar-refractivity contribution in [3.63, 3.8) is 0 Å². The first-order valence-electron chi connectivity index (χ1n) is 11.0. The van der Waals surface area contributed by atoms with Crippen molar-refractivity contribution in [2.45, 2.75) is 39.3 Å². The van der Waals surface area contributed by atoms with E-state index in [0.29, 0.717) is 10.6 Å². The number of carboxylic acids is 1. The maximum Gasteiger partial charge on any atom is 0.305 e. The minimum atomic E-state index is -1.17. The minimum Gasteiger partial charge on any atom is -0.481 e. The monoisotopic (exact) mass is 537 g/mol. The van der Waals surface area contributed by atoms with Crippen LogP contribution in [-0.2, 0) is 4.79 Å². The fourth-order valence-corrected chi connectivity index (χ4v) is 3.65. The van der Waals surface area contributed by atoms with Crippen molar-refractivity contribution >= 4 is 35.1 Å². The van der Waals surface area contributed by atoms with Gasteiger partial charge in [0.05, 0.1) is 18.6 Å². The summed E-state index contributed by atoms with van der Waals surface area (Å²) in [6.07, 6.45) is -1.33. The Bertz CT molecular complexity index is 1260. The zero-order chi connectivity index (χ0) is 26.6. The second-order valence-electron chi connectivity index (χ2n) is 9.21. The van der Waals surface area contributed by atoms with Gasteiger partial charge in [0, 0.05) is 16.1 Å². The molecule has 11 heteroatoms. The molecule has 0 aliphatic rings. The summed E-state index contributed by atoms with van der Waals surface area (Å²) >= 11 is 12.3. The van der Waals surface area contributed by atoms with E-state index in [1.807, 2.05) is 20.8 Å². The molecule has 2 unspecified atom stereocenters. The molecule has 1 aromatic heterocycles. The molecule has 0 bridgehead atoms. The highest BCUT2D eigenvalue weighted by Crippen LogP contribution is 2.29. The van der Waals surface area contributed by atoms with Crippen LogP contribution in [0.25, 0.3) is 5.69 Å². The number of amides is 1. The van der Waals surface area contributed by atoms with Gasteiger partial charge < -0.3 is 20.3 Å². The van der Waals surface area contributed by atoms with Gasteiger partial charge in [-0.25, -0.2) is 4.39 Å². The van der Waals surface area contributed by atoms with E-state index < -0.39 is 41.7 Å².